The van der Waals surface area contributed by atoms with Crippen LogP contribution in [-0.2, 0) is 13.0 Å². The number of aromatic nitrogens is 1. The molecule has 1 rings (SSSR count). The summed E-state index contributed by atoms with van der Waals surface area (Å²) in [5.74, 6) is 0.729. The quantitative estimate of drug-likeness (QED) is 0.718. The number of rotatable bonds is 8. The summed E-state index contributed by atoms with van der Waals surface area (Å²) in [5, 5.41) is 3.16. The minimum atomic E-state index is 0.650. The van der Waals surface area contributed by atoms with Crippen molar-refractivity contribution in [3.8, 4) is 5.88 Å². The lowest BCUT2D eigenvalue weighted by molar-refractivity contribution is 0.308. The number of pyridine rings is 1. The Bertz CT molecular complexity index is 364. The topological polar surface area (TPSA) is 34.1 Å². The zero-order valence-electron chi connectivity index (χ0n) is 11.8. The van der Waals surface area contributed by atoms with E-state index in [2.05, 4.69) is 29.9 Å². The van der Waals surface area contributed by atoms with Gasteiger partial charge < -0.3 is 10.1 Å². The smallest absolute Gasteiger partial charge is 0.213 e. The van der Waals surface area contributed by atoms with Crippen molar-refractivity contribution < 1.29 is 4.74 Å². The highest BCUT2D eigenvalue weighted by Crippen LogP contribution is 2.15. The van der Waals surface area contributed by atoms with Crippen LogP contribution in [0.3, 0.4) is 0 Å². The van der Waals surface area contributed by atoms with Gasteiger partial charge in [-0.05, 0) is 32.0 Å². The number of ether oxygens (including phenoxy) is 1. The van der Waals surface area contributed by atoms with E-state index < -0.39 is 0 Å². The van der Waals surface area contributed by atoms with Crippen molar-refractivity contribution in [3.63, 3.8) is 0 Å². The van der Waals surface area contributed by atoms with Gasteiger partial charge in [0, 0.05) is 24.7 Å². The molecule has 0 radical (unpaired) electrons. The van der Waals surface area contributed by atoms with Crippen molar-refractivity contribution in [2.45, 2.75) is 39.7 Å². The van der Waals surface area contributed by atoms with Crippen LogP contribution in [0.2, 0.25) is 0 Å². The third-order valence-corrected chi connectivity index (χ3v) is 2.58. The molecule has 100 valence electrons. The maximum absolute atomic E-state index is 5.69. The summed E-state index contributed by atoms with van der Waals surface area (Å²) in [7, 11) is 1.95. The first-order chi connectivity index (χ1) is 8.65. The van der Waals surface area contributed by atoms with E-state index in [1.54, 1.807) is 0 Å². The minimum absolute atomic E-state index is 0.650. The fourth-order valence-corrected chi connectivity index (χ4v) is 1.71. The lowest BCUT2D eigenvalue weighted by atomic mass is 10.1. The molecule has 1 heterocycles. The predicted octanol–water partition coefficient (Wildman–Crippen LogP) is 3.10. The van der Waals surface area contributed by atoms with Gasteiger partial charge in [-0.2, -0.15) is 0 Å². The van der Waals surface area contributed by atoms with E-state index in [0.717, 1.165) is 43.0 Å². The molecule has 0 unspecified atom stereocenters. The molecule has 3 nitrogen and oxygen atoms in total. The SMILES string of the molecule is C=C(C)CCOc1cc(CNC)cc(CCC)n1. The van der Waals surface area contributed by atoms with Crippen molar-refractivity contribution in [2.75, 3.05) is 13.7 Å². The standard InChI is InChI=1S/C15H24N2O/c1-5-6-14-9-13(11-16-4)10-15(17-14)18-8-7-12(2)3/h9-10,16H,2,5-8,11H2,1,3-4H3. The first kappa shape index (κ1) is 14.7. The second kappa shape index (κ2) is 7.88. The van der Waals surface area contributed by atoms with Gasteiger partial charge in [0.25, 0.3) is 0 Å². The van der Waals surface area contributed by atoms with Crippen LogP contribution in [0.15, 0.2) is 24.3 Å². The molecule has 1 aromatic heterocycles. The number of hydrogen-bond acceptors (Lipinski definition) is 3. The van der Waals surface area contributed by atoms with Crippen LogP contribution in [-0.4, -0.2) is 18.6 Å². The molecule has 0 fully saturated rings. The van der Waals surface area contributed by atoms with Gasteiger partial charge in [0.05, 0.1) is 6.61 Å². The van der Waals surface area contributed by atoms with E-state index in [0.29, 0.717) is 6.61 Å². The van der Waals surface area contributed by atoms with Crippen LogP contribution in [0.25, 0.3) is 0 Å². The summed E-state index contributed by atoms with van der Waals surface area (Å²) in [6.07, 6.45) is 2.97. The van der Waals surface area contributed by atoms with Crippen LogP contribution in [0.4, 0.5) is 0 Å². The second-order valence-corrected chi connectivity index (χ2v) is 4.64. The summed E-state index contributed by atoms with van der Waals surface area (Å²) in [4.78, 5) is 4.52. The minimum Gasteiger partial charge on any atom is -0.477 e. The highest BCUT2D eigenvalue weighted by atomic mass is 16.5. The lowest BCUT2D eigenvalue weighted by Crippen LogP contribution is -2.08. The van der Waals surface area contributed by atoms with Crippen molar-refractivity contribution in [1.82, 2.24) is 10.3 Å². The fourth-order valence-electron chi connectivity index (χ4n) is 1.71. The van der Waals surface area contributed by atoms with Gasteiger partial charge in [-0.1, -0.05) is 18.9 Å². The van der Waals surface area contributed by atoms with Gasteiger partial charge in [0.1, 0.15) is 0 Å². The molecular formula is C15H24N2O. The summed E-state index contributed by atoms with van der Waals surface area (Å²) < 4.78 is 5.69. The van der Waals surface area contributed by atoms with Gasteiger partial charge in [-0.25, -0.2) is 4.98 Å². The van der Waals surface area contributed by atoms with Crippen molar-refractivity contribution in [2.24, 2.45) is 0 Å². The normalized spacial score (nSPS) is 10.4. The molecule has 0 aromatic carbocycles. The van der Waals surface area contributed by atoms with E-state index in [-0.39, 0.29) is 0 Å². The largest absolute Gasteiger partial charge is 0.477 e. The number of hydrogen-bond donors (Lipinski definition) is 1. The van der Waals surface area contributed by atoms with E-state index in [4.69, 9.17) is 4.74 Å². The molecule has 0 saturated heterocycles. The molecular weight excluding hydrogens is 224 g/mol. The van der Waals surface area contributed by atoms with Gasteiger partial charge in [0.2, 0.25) is 5.88 Å². The van der Waals surface area contributed by atoms with E-state index in [1.165, 1.54) is 5.56 Å². The van der Waals surface area contributed by atoms with Crippen molar-refractivity contribution >= 4 is 0 Å². The van der Waals surface area contributed by atoms with Crippen molar-refractivity contribution in [3.05, 3.63) is 35.5 Å². The summed E-state index contributed by atoms with van der Waals surface area (Å²) in [6, 6.07) is 4.15. The number of nitrogens with one attached hydrogen (secondary N) is 1. The zero-order chi connectivity index (χ0) is 13.4. The molecule has 0 spiro atoms. The Kier molecular flexibility index (Phi) is 6.44. The third-order valence-electron chi connectivity index (χ3n) is 2.58. The molecule has 0 bridgehead atoms. The molecule has 1 N–H and O–H groups in total. The fraction of sp³-hybridized carbons (Fsp3) is 0.533. The first-order valence-electron chi connectivity index (χ1n) is 6.57. The highest BCUT2D eigenvalue weighted by Gasteiger charge is 2.03. The van der Waals surface area contributed by atoms with Crippen LogP contribution >= 0.6 is 0 Å². The predicted molar refractivity (Wildman–Crippen MR) is 75.9 cm³/mol. The zero-order valence-corrected chi connectivity index (χ0v) is 11.8. The summed E-state index contributed by atoms with van der Waals surface area (Å²) in [5.41, 5.74) is 3.46. The maximum atomic E-state index is 5.69. The molecule has 1 aromatic rings. The maximum Gasteiger partial charge on any atom is 0.213 e. The lowest BCUT2D eigenvalue weighted by Gasteiger charge is -2.10. The van der Waals surface area contributed by atoms with Gasteiger partial charge in [-0.15, -0.1) is 6.58 Å². The van der Waals surface area contributed by atoms with Crippen LogP contribution < -0.4 is 10.1 Å². The Morgan fingerprint density at radius 3 is 2.83 bits per heavy atom. The molecule has 0 amide bonds. The van der Waals surface area contributed by atoms with Crippen LogP contribution in [0, 0.1) is 0 Å². The Balaban J connectivity index is 2.71. The van der Waals surface area contributed by atoms with E-state index in [9.17, 15) is 0 Å². The van der Waals surface area contributed by atoms with Gasteiger partial charge in [0.15, 0.2) is 0 Å². The molecule has 0 atom stereocenters. The third kappa shape index (κ3) is 5.32. The Labute approximate surface area is 110 Å². The molecule has 0 saturated carbocycles. The van der Waals surface area contributed by atoms with Gasteiger partial charge >= 0.3 is 0 Å². The Morgan fingerprint density at radius 2 is 2.22 bits per heavy atom. The summed E-state index contributed by atoms with van der Waals surface area (Å²) in [6.45, 7) is 9.53. The first-order valence-corrected chi connectivity index (χ1v) is 6.57. The Hall–Kier alpha value is -1.35. The van der Waals surface area contributed by atoms with Crippen LogP contribution in [0.1, 0.15) is 37.9 Å². The monoisotopic (exact) mass is 248 g/mol. The molecule has 0 aliphatic heterocycles. The Morgan fingerprint density at radius 1 is 1.44 bits per heavy atom. The molecule has 3 heteroatoms. The molecule has 0 aliphatic rings. The van der Waals surface area contributed by atoms with Crippen LogP contribution in [0.5, 0.6) is 5.88 Å². The van der Waals surface area contributed by atoms with Crippen molar-refractivity contribution in [1.29, 1.82) is 0 Å². The molecule has 0 aliphatic carbocycles. The van der Waals surface area contributed by atoms with E-state index in [1.807, 2.05) is 20.0 Å². The second-order valence-electron chi connectivity index (χ2n) is 4.64. The number of aryl methyl sites for hydroxylation is 1. The average Bonchev–Trinajstić information content (AvgIpc) is 2.29. The average molecular weight is 248 g/mol. The summed E-state index contributed by atoms with van der Waals surface area (Å²) >= 11 is 0. The number of nitrogens with zero attached hydrogens (tertiary/aromatic N) is 1. The van der Waals surface area contributed by atoms with Gasteiger partial charge in [-0.3, -0.25) is 0 Å². The highest BCUT2D eigenvalue weighted by molar-refractivity contribution is 5.25. The van der Waals surface area contributed by atoms with E-state index >= 15 is 0 Å². The molecule has 18 heavy (non-hydrogen) atoms.